The summed E-state index contributed by atoms with van der Waals surface area (Å²) in [5.41, 5.74) is 15.5. The van der Waals surface area contributed by atoms with Gasteiger partial charge in [-0.1, -0.05) is 121 Å². The van der Waals surface area contributed by atoms with E-state index in [1.807, 2.05) is 0 Å². The lowest BCUT2D eigenvalue weighted by molar-refractivity contribution is -0.181. The molecule has 2 nitrogen and oxygen atoms in total. The first kappa shape index (κ1) is 27.7. The lowest BCUT2D eigenvalue weighted by Gasteiger charge is -2.33. The maximum Gasteiger partial charge on any atom is 0.223 e. The van der Waals surface area contributed by atoms with Crippen LogP contribution >= 0.6 is 23.2 Å². The Balaban J connectivity index is 1.49. The molecule has 3 aliphatic carbocycles. The van der Waals surface area contributed by atoms with Crippen molar-refractivity contribution in [3.05, 3.63) is 155 Å². The Morgan fingerprint density at radius 3 is 1.26 bits per heavy atom. The molecule has 0 radical (unpaired) electrons. The van der Waals surface area contributed by atoms with Crippen molar-refractivity contribution in [1.29, 1.82) is 0 Å². The van der Waals surface area contributed by atoms with E-state index < -0.39 is 5.79 Å². The fourth-order valence-electron chi connectivity index (χ4n) is 8.98. The van der Waals surface area contributed by atoms with Crippen molar-refractivity contribution in [2.24, 2.45) is 0 Å². The third-order valence-corrected chi connectivity index (χ3v) is 11.6. The normalized spacial score (nSPS) is 17.7. The van der Waals surface area contributed by atoms with Crippen molar-refractivity contribution in [2.75, 3.05) is 14.2 Å². The molecule has 4 heteroatoms. The third kappa shape index (κ3) is 3.29. The number of rotatable bonds is 4. The van der Waals surface area contributed by atoms with E-state index in [0.717, 1.165) is 88.3 Å². The van der Waals surface area contributed by atoms with E-state index in [1.54, 1.807) is 14.2 Å². The summed E-state index contributed by atoms with van der Waals surface area (Å²) in [5, 5.41) is 3.77. The highest BCUT2D eigenvalue weighted by molar-refractivity contribution is 6.32. The molecule has 0 fully saturated rings. The molecule has 0 aromatic heterocycles. The number of benzene rings is 7. The number of hydrogen-bond donors (Lipinski definition) is 0. The van der Waals surface area contributed by atoms with Gasteiger partial charge in [0.05, 0.1) is 10.8 Å². The number of methoxy groups -OCH3 is 2. The van der Waals surface area contributed by atoms with Crippen LogP contribution in [-0.4, -0.2) is 14.2 Å². The zero-order valence-corrected chi connectivity index (χ0v) is 27.3. The maximum atomic E-state index is 7.60. The van der Waals surface area contributed by atoms with Crippen molar-refractivity contribution in [3.8, 4) is 44.5 Å². The molecule has 7 aromatic carbocycles. The van der Waals surface area contributed by atoms with Crippen LogP contribution in [0.2, 0.25) is 0 Å². The van der Waals surface area contributed by atoms with E-state index in [1.165, 1.54) is 11.1 Å². The smallest absolute Gasteiger partial charge is 0.223 e. The lowest BCUT2D eigenvalue weighted by Crippen LogP contribution is -2.32. The highest BCUT2D eigenvalue weighted by Gasteiger charge is 2.53. The average molecular weight is 648 g/mol. The summed E-state index contributed by atoms with van der Waals surface area (Å²) < 4.78 is 13.4. The molecule has 0 spiro atoms. The van der Waals surface area contributed by atoms with E-state index in [9.17, 15) is 0 Å². The molecule has 0 saturated carbocycles. The molecular formula is C43H28Cl2O2. The topological polar surface area (TPSA) is 18.5 Å². The van der Waals surface area contributed by atoms with Gasteiger partial charge in [0.25, 0.3) is 0 Å². The molecule has 0 aliphatic heterocycles. The van der Waals surface area contributed by atoms with Crippen LogP contribution in [0, 0.1) is 0 Å². The van der Waals surface area contributed by atoms with Crippen LogP contribution in [0.5, 0.6) is 0 Å². The zero-order valence-electron chi connectivity index (χ0n) is 25.8. The number of halogens is 2. The molecule has 3 aliphatic rings. The molecule has 2 atom stereocenters. The SMILES string of the molecule is COC1(OC)c2c3c(c(-c4ccccc4)c4ccc5c(-c6ccccc6)c6c(c1c5c24)C(Cl)c1ccccc1-6)-c1ccccc1C3Cl. The summed E-state index contributed by atoms with van der Waals surface area (Å²) in [5.74, 6) is -1.23. The van der Waals surface area contributed by atoms with E-state index in [2.05, 4.69) is 121 Å². The predicted molar refractivity (Wildman–Crippen MR) is 193 cm³/mol. The van der Waals surface area contributed by atoms with Crippen molar-refractivity contribution in [1.82, 2.24) is 0 Å². The monoisotopic (exact) mass is 646 g/mol. The molecule has 0 saturated heterocycles. The Hall–Kier alpha value is -4.44. The molecule has 0 heterocycles. The molecular weight excluding hydrogens is 619 g/mol. The maximum absolute atomic E-state index is 7.60. The molecule has 2 unspecified atom stereocenters. The summed E-state index contributed by atoms with van der Waals surface area (Å²) in [7, 11) is 3.50. The lowest BCUT2D eigenvalue weighted by atomic mass is 9.84. The van der Waals surface area contributed by atoms with Gasteiger partial charge >= 0.3 is 0 Å². The van der Waals surface area contributed by atoms with Gasteiger partial charge in [0, 0.05) is 25.3 Å². The summed E-state index contributed by atoms with van der Waals surface area (Å²) in [6, 6.07) is 43.0. The number of alkyl halides is 2. The second kappa shape index (κ2) is 9.79. The van der Waals surface area contributed by atoms with Crippen molar-refractivity contribution in [3.63, 3.8) is 0 Å². The highest BCUT2D eigenvalue weighted by Crippen LogP contribution is 2.66. The van der Waals surface area contributed by atoms with Crippen LogP contribution in [0.1, 0.15) is 44.1 Å². The summed E-state index contributed by atoms with van der Waals surface area (Å²) in [6.07, 6.45) is 0. The number of fused-ring (bicyclic) bond motifs is 8. The van der Waals surface area contributed by atoms with Gasteiger partial charge in [-0.15, -0.1) is 23.2 Å². The molecule has 0 N–H and O–H groups in total. The largest absolute Gasteiger partial charge is 0.346 e. The molecule has 0 bridgehead atoms. The van der Waals surface area contributed by atoms with Gasteiger partial charge in [-0.2, -0.15) is 0 Å². The average Bonchev–Trinajstić information content (AvgIpc) is 3.71. The fourth-order valence-corrected chi connectivity index (χ4v) is 9.79. The Kier molecular flexibility index (Phi) is 5.76. The Morgan fingerprint density at radius 1 is 0.468 bits per heavy atom. The van der Waals surface area contributed by atoms with Crippen LogP contribution in [0.25, 0.3) is 66.1 Å². The standard InChI is InChI=1S/C43H28Cl2O2/c1-46-43(47-2)39-35-29(31(23-13-5-3-6-14-23)33-25-17-9-11-19-27(25)41(44)37(33)39)21-22-30-32(24-15-7-4-8-16-24)34-26-18-10-12-20-28(26)42(45)38(34)40(43)36(30)35/h3-22,41-42H,1-2H3. The van der Waals surface area contributed by atoms with Crippen molar-refractivity contribution in [2.45, 2.75) is 16.5 Å². The van der Waals surface area contributed by atoms with Crippen LogP contribution < -0.4 is 0 Å². The molecule has 7 aromatic rings. The summed E-state index contributed by atoms with van der Waals surface area (Å²) in [4.78, 5) is 0. The second-order valence-corrected chi connectivity index (χ2v) is 13.5. The van der Waals surface area contributed by atoms with Gasteiger partial charge < -0.3 is 9.47 Å². The predicted octanol–water partition coefficient (Wildman–Crippen LogP) is 11.8. The van der Waals surface area contributed by atoms with Gasteiger partial charge in [0.15, 0.2) is 0 Å². The second-order valence-electron chi connectivity index (χ2n) is 12.6. The van der Waals surface area contributed by atoms with Gasteiger partial charge in [-0.25, -0.2) is 0 Å². The molecule has 10 rings (SSSR count). The Labute approximate surface area is 283 Å². The highest BCUT2D eigenvalue weighted by atomic mass is 35.5. The first-order chi connectivity index (χ1) is 23.1. The van der Waals surface area contributed by atoms with Gasteiger partial charge in [0.1, 0.15) is 0 Å². The van der Waals surface area contributed by atoms with Gasteiger partial charge in [-0.3, -0.25) is 0 Å². The number of ether oxygens (including phenoxy) is 2. The fraction of sp³-hybridized carbons (Fsp3) is 0.116. The minimum Gasteiger partial charge on any atom is -0.346 e. The van der Waals surface area contributed by atoms with Crippen molar-refractivity contribution >= 4 is 44.7 Å². The Morgan fingerprint density at radius 2 is 0.851 bits per heavy atom. The molecule has 226 valence electrons. The Bertz CT molecular complexity index is 2290. The van der Waals surface area contributed by atoms with E-state index in [4.69, 9.17) is 32.7 Å². The van der Waals surface area contributed by atoms with Gasteiger partial charge in [-0.05, 0) is 88.3 Å². The van der Waals surface area contributed by atoms with Crippen LogP contribution in [0.15, 0.2) is 121 Å². The molecule has 0 amide bonds. The van der Waals surface area contributed by atoms with Crippen LogP contribution in [-0.2, 0) is 15.3 Å². The van der Waals surface area contributed by atoms with Crippen molar-refractivity contribution < 1.29 is 9.47 Å². The van der Waals surface area contributed by atoms with E-state index in [-0.39, 0.29) is 10.8 Å². The quantitative estimate of drug-likeness (QED) is 0.108. The zero-order chi connectivity index (χ0) is 31.6. The summed E-state index contributed by atoms with van der Waals surface area (Å²) >= 11 is 15.2. The van der Waals surface area contributed by atoms with Crippen LogP contribution in [0.4, 0.5) is 0 Å². The minimum atomic E-state index is -1.23. The third-order valence-electron chi connectivity index (χ3n) is 10.7. The first-order valence-electron chi connectivity index (χ1n) is 16.0. The number of hydrogen-bond acceptors (Lipinski definition) is 2. The minimum absolute atomic E-state index is 0.386. The van der Waals surface area contributed by atoms with Crippen LogP contribution in [0.3, 0.4) is 0 Å². The van der Waals surface area contributed by atoms with E-state index in [0.29, 0.717) is 0 Å². The van der Waals surface area contributed by atoms with E-state index >= 15 is 0 Å². The summed E-state index contributed by atoms with van der Waals surface area (Å²) in [6.45, 7) is 0. The van der Waals surface area contributed by atoms with Gasteiger partial charge in [0.2, 0.25) is 5.79 Å². The molecule has 47 heavy (non-hydrogen) atoms. The first-order valence-corrected chi connectivity index (χ1v) is 16.8.